The van der Waals surface area contributed by atoms with Gasteiger partial charge < -0.3 is 0 Å². The smallest absolute Gasteiger partial charge is 0.282 e. The summed E-state index contributed by atoms with van der Waals surface area (Å²) in [6.45, 7) is 15.2. The molecule has 32 heavy (non-hydrogen) atoms. The van der Waals surface area contributed by atoms with E-state index < -0.39 is 8.07 Å². The average molecular weight is 445 g/mol. The number of nitrogens with zero attached hydrogens (tertiary/aromatic N) is 4. The van der Waals surface area contributed by atoms with Gasteiger partial charge in [0.25, 0.3) is 0 Å². The van der Waals surface area contributed by atoms with Gasteiger partial charge in [0.15, 0.2) is 5.21 Å². The fraction of sp³-hybridized carbons (Fsp3) is 0.423. The summed E-state index contributed by atoms with van der Waals surface area (Å²) in [5, 5.41) is 12.0. The first-order valence-corrected chi connectivity index (χ1v) is 14.9. The van der Waals surface area contributed by atoms with Crippen LogP contribution in [0.4, 0.5) is 0 Å². The summed E-state index contributed by atoms with van der Waals surface area (Å²) in [6.07, 6.45) is 1.03. The van der Waals surface area contributed by atoms with Crippen molar-refractivity contribution in [2.45, 2.75) is 65.0 Å². The molecule has 2 aromatic carbocycles. The van der Waals surface area contributed by atoms with Crippen LogP contribution in [0.2, 0.25) is 19.6 Å². The third kappa shape index (κ3) is 4.84. The Bertz CT molecular complexity index is 1160. The summed E-state index contributed by atoms with van der Waals surface area (Å²) in [4.78, 5) is 2.53. The highest BCUT2D eigenvalue weighted by Gasteiger charge is 2.38. The van der Waals surface area contributed by atoms with Crippen LogP contribution in [-0.4, -0.2) is 35.0 Å². The lowest BCUT2D eigenvalue weighted by atomic mass is 9.93. The molecule has 0 radical (unpaired) electrons. The fourth-order valence-electron chi connectivity index (χ4n) is 4.23. The van der Waals surface area contributed by atoms with Gasteiger partial charge in [-0.05, 0) is 49.9 Å². The molecule has 3 aromatic rings. The van der Waals surface area contributed by atoms with Crippen molar-refractivity contribution >= 4 is 8.07 Å². The fourth-order valence-corrected chi connectivity index (χ4v) is 4.74. The second kappa shape index (κ2) is 8.65. The lowest BCUT2D eigenvalue weighted by Gasteiger charge is -2.34. The van der Waals surface area contributed by atoms with Crippen LogP contribution in [-0.2, 0) is 18.5 Å². The molecule has 0 aliphatic carbocycles. The summed E-state index contributed by atoms with van der Waals surface area (Å²) in [5.41, 5.74) is 8.51. The second-order valence-corrected chi connectivity index (χ2v) is 15.4. The van der Waals surface area contributed by atoms with Crippen LogP contribution in [0.15, 0.2) is 48.5 Å². The topological polar surface area (TPSA) is 48.7 Å². The predicted octanol–water partition coefficient (Wildman–Crippen LogP) is 4.22. The molecule has 1 aromatic heterocycles. The maximum atomic E-state index is 4.62. The SMILES string of the molecule is CC(C)(C)[n+]1[nH]nnc1C(c1ccccc1C#C[Si](C)(C)C)N1CCc2ccccc2C1. The van der Waals surface area contributed by atoms with Crippen molar-refractivity contribution in [1.82, 2.24) is 20.4 Å². The standard InChI is InChI=1S/C26H33N5Si/c1-26(2,3)31-25(27-28-29-31)24(30-17-15-20-11-7-8-13-22(20)19-30)23-14-10-9-12-21(23)16-18-32(4,5)6/h7-14,24H,15,17,19H2,1-6H3/p+1. The van der Waals surface area contributed by atoms with E-state index in [1.807, 2.05) is 0 Å². The Hall–Kier alpha value is -2.75. The second-order valence-electron chi connectivity index (χ2n) is 10.6. The van der Waals surface area contributed by atoms with Gasteiger partial charge >= 0.3 is 5.82 Å². The van der Waals surface area contributed by atoms with E-state index in [-0.39, 0.29) is 11.6 Å². The Morgan fingerprint density at radius 1 is 1.03 bits per heavy atom. The lowest BCUT2D eigenvalue weighted by molar-refractivity contribution is -0.813. The molecule has 0 spiro atoms. The molecule has 1 unspecified atom stereocenters. The highest BCUT2D eigenvalue weighted by Crippen LogP contribution is 2.33. The minimum absolute atomic E-state index is 0.0338. The van der Waals surface area contributed by atoms with Gasteiger partial charge in [-0.2, -0.15) is 4.68 Å². The molecule has 0 saturated carbocycles. The Labute approximate surface area is 192 Å². The van der Waals surface area contributed by atoms with Crippen molar-refractivity contribution in [2.75, 3.05) is 6.54 Å². The summed E-state index contributed by atoms with van der Waals surface area (Å²) >= 11 is 0. The maximum absolute atomic E-state index is 4.62. The highest BCUT2D eigenvalue weighted by atomic mass is 28.3. The van der Waals surface area contributed by atoms with E-state index in [0.29, 0.717) is 0 Å². The first-order chi connectivity index (χ1) is 15.1. The molecular formula is C26H34N5Si+. The Kier molecular flexibility index (Phi) is 6.06. The predicted molar refractivity (Wildman–Crippen MR) is 131 cm³/mol. The zero-order chi connectivity index (χ0) is 22.9. The summed E-state index contributed by atoms with van der Waals surface area (Å²) in [7, 11) is -1.51. The van der Waals surface area contributed by atoms with E-state index in [2.05, 4.69) is 126 Å². The number of hydrogen-bond acceptors (Lipinski definition) is 3. The minimum Gasteiger partial charge on any atom is -0.282 e. The zero-order valence-electron chi connectivity index (χ0n) is 20.1. The van der Waals surface area contributed by atoms with Crippen LogP contribution in [0.3, 0.4) is 0 Å². The number of aromatic amines is 1. The Balaban J connectivity index is 1.86. The van der Waals surface area contributed by atoms with Crippen molar-refractivity contribution in [2.24, 2.45) is 0 Å². The molecule has 1 N–H and O–H groups in total. The number of nitrogens with one attached hydrogen (secondary N) is 1. The molecule has 4 rings (SSSR count). The van der Waals surface area contributed by atoms with Crippen molar-refractivity contribution in [3.63, 3.8) is 0 Å². The number of aromatic nitrogens is 4. The van der Waals surface area contributed by atoms with Crippen molar-refractivity contribution < 1.29 is 4.68 Å². The average Bonchev–Trinajstić information content (AvgIpc) is 3.23. The van der Waals surface area contributed by atoms with E-state index in [1.54, 1.807) is 0 Å². The number of tetrazole rings is 1. The molecule has 0 bridgehead atoms. The van der Waals surface area contributed by atoms with Gasteiger partial charge in [0.1, 0.15) is 24.8 Å². The van der Waals surface area contributed by atoms with E-state index >= 15 is 0 Å². The lowest BCUT2D eigenvalue weighted by Crippen LogP contribution is -2.56. The third-order valence-electron chi connectivity index (χ3n) is 5.79. The van der Waals surface area contributed by atoms with Gasteiger partial charge in [-0.15, -0.1) is 5.54 Å². The van der Waals surface area contributed by atoms with Crippen LogP contribution in [0.1, 0.15) is 54.9 Å². The number of fused-ring (bicyclic) bond motifs is 1. The molecule has 6 heteroatoms. The van der Waals surface area contributed by atoms with Gasteiger partial charge in [-0.1, -0.05) is 73.2 Å². The number of H-pyrrole nitrogens is 1. The maximum Gasteiger partial charge on any atom is 0.323 e. The van der Waals surface area contributed by atoms with Crippen molar-refractivity contribution in [3.05, 3.63) is 76.6 Å². The largest absolute Gasteiger partial charge is 0.323 e. The number of hydrogen-bond donors (Lipinski definition) is 1. The molecule has 166 valence electrons. The van der Waals surface area contributed by atoms with E-state index in [4.69, 9.17) is 0 Å². The van der Waals surface area contributed by atoms with Crippen LogP contribution in [0.25, 0.3) is 0 Å². The molecule has 0 fully saturated rings. The molecule has 1 aliphatic heterocycles. The molecule has 0 saturated heterocycles. The van der Waals surface area contributed by atoms with Crippen LogP contribution < -0.4 is 4.68 Å². The molecule has 1 atom stereocenters. The van der Waals surface area contributed by atoms with Gasteiger partial charge in [0.05, 0.1) is 0 Å². The number of benzene rings is 2. The number of rotatable bonds is 3. The summed E-state index contributed by atoms with van der Waals surface area (Å²) in [6, 6.07) is 17.3. The van der Waals surface area contributed by atoms with Gasteiger partial charge in [-0.25, -0.2) is 0 Å². The van der Waals surface area contributed by atoms with Crippen LogP contribution in [0.5, 0.6) is 0 Å². The Morgan fingerprint density at radius 3 is 2.44 bits per heavy atom. The monoisotopic (exact) mass is 444 g/mol. The van der Waals surface area contributed by atoms with Crippen LogP contribution in [0, 0.1) is 11.5 Å². The molecule has 2 heterocycles. The summed E-state index contributed by atoms with van der Waals surface area (Å²) in [5.74, 6) is 4.46. The normalized spacial score (nSPS) is 15.6. The van der Waals surface area contributed by atoms with Crippen molar-refractivity contribution in [1.29, 1.82) is 0 Å². The third-order valence-corrected chi connectivity index (χ3v) is 6.67. The van der Waals surface area contributed by atoms with E-state index in [1.165, 1.54) is 16.7 Å². The highest BCUT2D eigenvalue weighted by molar-refractivity contribution is 6.83. The van der Waals surface area contributed by atoms with Crippen molar-refractivity contribution in [3.8, 4) is 11.5 Å². The first-order valence-electron chi connectivity index (χ1n) is 11.4. The quantitative estimate of drug-likeness (QED) is 0.374. The van der Waals surface area contributed by atoms with E-state index in [9.17, 15) is 0 Å². The van der Waals surface area contributed by atoms with E-state index in [0.717, 1.165) is 30.9 Å². The van der Waals surface area contributed by atoms with Gasteiger partial charge in [-0.3, -0.25) is 4.90 Å². The Morgan fingerprint density at radius 2 is 1.72 bits per heavy atom. The van der Waals surface area contributed by atoms with Gasteiger partial charge in [0, 0.05) is 18.7 Å². The minimum atomic E-state index is -1.51. The molecule has 0 amide bonds. The first kappa shape index (κ1) is 22.4. The van der Waals surface area contributed by atoms with Crippen LogP contribution >= 0.6 is 0 Å². The molecule has 1 aliphatic rings. The zero-order valence-corrected chi connectivity index (χ0v) is 21.1. The molecular weight excluding hydrogens is 410 g/mol. The molecule has 5 nitrogen and oxygen atoms in total. The summed E-state index contributed by atoms with van der Waals surface area (Å²) < 4.78 is 2.10. The van der Waals surface area contributed by atoms with Gasteiger partial charge in [0.2, 0.25) is 0 Å².